The number of anilines is 1. The summed E-state index contributed by atoms with van der Waals surface area (Å²) in [5, 5.41) is 23.0. The van der Waals surface area contributed by atoms with Crippen LogP contribution in [0, 0.1) is 16.0 Å². The van der Waals surface area contributed by atoms with E-state index < -0.39 is 4.92 Å². The lowest BCUT2D eigenvalue weighted by atomic mass is 9.99. The number of fused-ring (bicyclic) bond motifs is 1. The number of nitro benzene ring substituents is 1. The predicted octanol–water partition coefficient (Wildman–Crippen LogP) is 3.08. The number of benzene rings is 1. The van der Waals surface area contributed by atoms with Crippen LogP contribution in [0.2, 0.25) is 0 Å². The Labute approximate surface area is 175 Å². The molecule has 1 unspecified atom stereocenters. The Morgan fingerprint density at radius 3 is 2.90 bits per heavy atom. The molecule has 2 aromatic rings. The first kappa shape index (κ1) is 20.3. The van der Waals surface area contributed by atoms with Gasteiger partial charge in [-0.25, -0.2) is 0 Å². The van der Waals surface area contributed by atoms with Crippen molar-refractivity contribution in [3.63, 3.8) is 0 Å². The van der Waals surface area contributed by atoms with Crippen LogP contribution in [0.1, 0.15) is 61.0 Å². The van der Waals surface area contributed by atoms with Crippen LogP contribution in [0.25, 0.3) is 0 Å². The lowest BCUT2D eigenvalue weighted by molar-refractivity contribution is -0.384. The second-order valence-corrected chi connectivity index (χ2v) is 8.33. The van der Waals surface area contributed by atoms with E-state index in [9.17, 15) is 14.9 Å². The quantitative estimate of drug-likeness (QED) is 0.597. The van der Waals surface area contributed by atoms with E-state index in [-0.39, 0.29) is 23.7 Å². The molecule has 1 aromatic heterocycles. The molecule has 2 aliphatic rings. The fraction of sp³-hybridized carbons (Fsp3) is 0.571. The standard InChI is InChI=1S/C21H28N6O3/c1-15-6-5-10-25(14-15)17-9-8-16(12-18(17)27(29)30)21(28)22-13-20-24-23-19-7-3-2-4-11-26(19)20/h8-9,12,15H,2-7,10-11,13-14H2,1H3,(H,22,28). The van der Waals surface area contributed by atoms with Gasteiger partial charge in [-0.3, -0.25) is 14.9 Å². The number of hydrogen-bond acceptors (Lipinski definition) is 6. The Morgan fingerprint density at radius 2 is 2.10 bits per heavy atom. The molecular formula is C21H28N6O3. The summed E-state index contributed by atoms with van der Waals surface area (Å²) in [6.07, 6.45) is 6.41. The van der Waals surface area contributed by atoms with Crippen molar-refractivity contribution in [2.24, 2.45) is 5.92 Å². The molecule has 9 heteroatoms. The van der Waals surface area contributed by atoms with E-state index in [2.05, 4.69) is 31.9 Å². The van der Waals surface area contributed by atoms with Crippen molar-refractivity contribution in [1.29, 1.82) is 0 Å². The molecule has 0 radical (unpaired) electrons. The van der Waals surface area contributed by atoms with Gasteiger partial charge in [0.15, 0.2) is 5.82 Å². The van der Waals surface area contributed by atoms with Crippen LogP contribution in [-0.2, 0) is 19.5 Å². The molecule has 0 saturated carbocycles. The zero-order valence-corrected chi connectivity index (χ0v) is 17.3. The van der Waals surface area contributed by atoms with Crippen molar-refractivity contribution in [2.75, 3.05) is 18.0 Å². The van der Waals surface area contributed by atoms with Gasteiger partial charge in [-0.15, -0.1) is 10.2 Å². The van der Waals surface area contributed by atoms with Gasteiger partial charge in [0, 0.05) is 37.7 Å². The van der Waals surface area contributed by atoms with Crippen LogP contribution in [0.15, 0.2) is 18.2 Å². The number of piperidine rings is 1. The van der Waals surface area contributed by atoms with Crippen LogP contribution in [0.5, 0.6) is 0 Å². The first-order valence-corrected chi connectivity index (χ1v) is 10.8. The fourth-order valence-electron chi connectivity index (χ4n) is 4.42. The average molecular weight is 412 g/mol. The van der Waals surface area contributed by atoms with Crippen molar-refractivity contribution in [3.8, 4) is 0 Å². The van der Waals surface area contributed by atoms with Crippen LogP contribution in [0.3, 0.4) is 0 Å². The van der Waals surface area contributed by atoms with Crippen molar-refractivity contribution < 1.29 is 9.72 Å². The van der Waals surface area contributed by atoms with Gasteiger partial charge in [0.05, 0.1) is 11.5 Å². The van der Waals surface area contributed by atoms with Gasteiger partial charge >= 0.3 is 0 Å². The monoisotopic (exact) mass is 412 g/mol. The normalized spacial score (nSPS) is 19.1. The van der Waals surface area contributed by atoms with Crippen LogP contribution >= 0.6 is 0 Å². The molecule has 1 amide bonds. The zero-order chi connectivity index (χ0) is 21.1. The summed E-state index contributed by atoms with van der Waals surface area (Å²) in [7, 11) is 0. The summed E-state index contributed by atoms with van der Waals surface area (Å²) < 4.78 is 2.08. The minimum Gasteiger partial charge on any atom is -0.366 e. The summed E-state index contributed by atoms with van der Waals surface area (Å²) in [4.78, 5) is 26.0. The maximum Gasteiger partial charge on any atom is 0.293 e. The number of nitro groups is 1. The summed E-state index contributed by atoms with van der Waals surface area (Å²) in [5.41, 5.74) is 0.852. The number of amides is 1. The van der Waals surface area contributed by atoms with Crippen molar-refractivity contribution >= 4 is 17.3 Å². The van der Waals surface area contributed by atoms with Crippen LogP contribution in [0.4, 0.5) is 11.4 Å². The summed E-state index contributed by atoms with van der Waals surface area (Å²) in [6, 6.07) is 4.75. The third-order valence-corrected chi connectivity index (χ3v) is 6.03. The average Bonchev–Trinajstić information content (AvgIpc) is 2.97. The number of carbonyl (C=O) groups excluding carboxylic acids is 1. The minimum absolute atomic E-state index is 0.0203. The van der Waals surface area contributed by atoms with Gasteiger partial charge < -0.3 is 14.8 Å². The number of nitrogens with one attached hydrogen (secondary N) is 1. The van der Waals surface area contributed by atoms with Gasteiger partial charge in [-0.1, -0.05) is 13.3 Å². The molecule has 1 atom stereocenters. The second-order valence-electron chi connectivity index (χ2n) is 8.33. The summed E-state index contributed by atoms with van der Waals surface area (Å²) in [6.45, 7) is 4.87. The first-order valence-electron chi connectivity index (χ1n) is 10.8. The highest BCUT2D eigenvalue weighted by Crippen LogP contribution is 2.32. The Hall–Kier alpha value is -2.97. The van der Waals surface area contributed by atoms with Crippen molar-refractivity contribution in [3.05, 3.63) is 45.5 Å². The fourth-order valence-corrected chi connectivity index (χ4v) is 4.42. The Morgan fingerprint density at radius 1 is 1.23 bits per heavy atom. The lowest BCUT2D eigenvalue weighted by Gasteiger charge is -2.32. The van der Waals surface area contributed by atoms with E-state index in [1.54, 1.807) is 12.1 Å². The summed E-state index contributed by atoms with van der Waals surface area (Å²) >= 11 is 0. The van der Waals surface area contributed by atoms with Gasteiger partial charge in [0.25, 0.3) is 11.6 Å². The van der Waals surface area contributed by atoms with Gasteiger partial charge in [-0.05, 0) is 43.7 Å². The molecule has 160 valence electrons. The molecule has 1 N–H and O–H groups in total. The van der Waals surface area contributed by atoms with E-state index in [0.29, 0.717) is 11.6 Å². The topological polar surface area (TPSA) is 106 Å². The smallest absolute Gasteiger partial charge is 0.293 e. The Balaban J connectivity index is 1.48. The molecule has 0 spiro atoms. The number of hydrogen-bond donors (Lipinski definition) is 1. The van der Waals surface area contributed by atoms with E-state index in [0.717, 1.165) is 63.4 Å². The maximum absolute atomic E-state index is 12.7. The van der Waals surface area contributed by atoms with Gasteiger partial charge in [0.2, 0.25) is 0 Å². The van der Waals surface area contributed by atoms with E-state index in [1.165, 1.54) is 12.5 Å². The molecule has 1 saturated heterocycles. The number of aryl methyl sites for hydroxylation is 1. The van der Waals surface area contributed by atoms with Gasteiger partial charge in [0.1, 0.15) is 11.5 Å². The first-order chi connectivity index (χ1) is 14.5. The minimum atomic E-state index is -0.399. The third-order valence-electron chi connectivity index (χ3n) is 6.03. The lowest BCUT2D eigenvalue weighted by Crippen LogP contribution is -2.34. The third kappa shape index (κ3) is 4.29. The SMILES string of the molecule is CC1CCCN(c2ccc(C(=O)NCc3nnc4n3CCCCC4)cc2[N+](=O)[O-])C1. The highest BCUT2D eigenvalue weighted by atomic mass is 16.6. The summed E-state index contributed by atoms with van der Waals surface area (Å²) in [5.74, 6) is 1.85. The molecule has 4 rings (SSSR count). The predicted molar refractivity (Wildman–Crippen MR) is 112 cm³/mol. The Bertz CT molecular complexity index is 941. The maximum atomic E-state index is 12.7. The molecule has 1 fully saturated rings. The zero-order valence-electron chi connectivity index (χ0n) is 17.3. The second kappa shape index (κ2) is 8.81. The molecule has 1 aromatic carbocycles. The highest BCUT2D eigenvalue weighted by Gasteiger charge is 2.25. The molecule has 0 bridgehead atoms. The largest absolute Gasteiger partial charge is 0.366 e. The van der Waals surface area contributed by atoms with Crippen molar-refractivity contribution in [2.45, 2.75) is 58.5 Å². The van der Waals surface area contributed by atoms with Crippen LogP contribution < -0.4 is 10.2 Å². The number of rotatable bonds is 5. The van der Waals surface area contributed by atoms with E-state index in [1.807, 2.05) is 0 Å². The van der Waals surface area contributed by atoms with Gasteiger partial charge in [-0.2, -0.15) is 0 Å². The highest BCUT2D eigenvalue weighted by molar-refractivity contribution is 5.95. The molecule has 3 heterocycles. The number of aromatic nitrogens is 3. The van der Waals surface area contributed by atoms with Crippen molar-refractivity contribution in [1.82, 2.24) is 20.1 Å². The molecule has 0 aliphatic carbocycles. The van der Waals surface area contributed by atoms with E-state index in [4.69, 9.17) is 0 Å². The Kier molecular flexibility index (Phi) is 5.96. The van der Waals surface area contributed by atoms with Crippen LogP contribution in [-0.4, -0.2) is 38.7 Å². The molecule has 30 heavy (non-hydrogen) atoms. The number of nitrogens with zero attached hydrogens (tertiary/aromatic N) is 5. The molecule has 2 aliphatic heterocycles. The van der Waals surface area contributed by atoms with E-state index >= 15 is 0 Å². The molecule has 9 nitrogen and oxygen atoms in total. The number of carbonyl (C=O) groups is 1. The molecular weight excluding hydrogens is 384 g/mol.